The molecule has 0 aliphatic rings. The zero-order chi connectivity index (χ0) is 23.3. The van der Waals surface area contributed by atoms with Crippen molar-refractivity contribution in [3.63, 3.8) is 0 Å². The summed E-state index contributed by atoms with van der Waals surface area (Å²) in [7, 11) is 0. The monoisotopic (exact) mass is 437 g/mol. The van der Waals surface area contributed by atoms with E-state index in [1.165, 1.54) is 6.20 Å². The van der Waals surface area contributed by atoms with Crippen LogP contribution in [0.4, 0.5) is 5.82 Å². The first kappa shape index (κ1) is 23.0. The van der Waals surface area contributed by atoms with Gasteiger partial charge >= 0.3 is 11.9 Å². The number of carbonyl (C=O) groups excluding carboxylic acids is 2. The summed E-state index contributed by atoms with van der Waals surface area (Å²) >= 11 is 0. The molecule has 0 bridgehead atoms. The normalized spacial score (nSPS) is 11.2. The quantitative estimate of drug-likeness (QED) is 0.552. The first-order valence-electron chi connectivity index (χ1n) is 10.3. The molecule has 2 heterocycles. The fourth-order valence-corrected chi connectivity index (χ4v) is 3.21. The van der Waals surface area contributed by atoms with Gasteiger partial charge in [-0.1, -0.05) is 6.07 Å². The summed E-state index contributed by atoms with van der Waals surface area (Å²) in [6, 6.07) is 8.82. The fourth-order valence-electron chi connectivity index (χ4n) is 3.21. The molecule has 3 aromatic rings. The number of ether oxygens (including phenoxy) is 3. The number of nitrogen functional groups attached to an aromatic ring is 1. The molecule has 0 amide bonds. The molecular formula is C24H27N3O5. The van der Waals surface area contributed by atoms with Crippen LogP contribution in [0.2, 0.25) is 0 Å². The van der Waals surface area contributed by atoms with E-state index in [4.69, 9.17) is 19.9 Å². The SMILES string of the molecule is CCOC(=O)Cc1c(Oc2ccc(CC(=O)OC(C)(C)C)c3ncccc23)ccnc1N. The van der Waals surface area contributed by atoms with Crippen molar-refractivity contribution in [1.82, 2.24) is 9.97 Å². The van der Waals surface area contributed by atoms with E-state index < -0.39 is 11.6 Å². The summed E-state index contributed by atoms with van der Waals surface area (Å²) in [4.78, 5) is 32.9. The number of rotatable bonds is 7. The summed E-state index contributed by atoms with van der Waals surface area (Å²) in [6.07, 6.45) is 3.19. The Morgan fingerprint density at radius 2 is 1.75 bits per heavy atom. The minimum atomic E-state index is -0.569. The topological polar surface area (TPSA) is 114 Å². The Morgan fingerprint density at radius 3 is 2.47 bits per heavy atom. The molecule has 3 rings (SSSR count). The Bertz CT molecular complexity index is 1140. The van der Waals surface area contributed by atoms with Gasteiger partial charge in [-0.15, -0.1) is 0 Å². The van der Waals surface area contributed by atoms with Crippen molar-refractivity contribution in [2.45, 2.75) is 46.1 Å². The van der Waals surface area contributed by atoms with Crippen molar-refractivity contribution in [2.75, 3.05) is 12.3 Å². The minimum absolute atomic E-state index is 0.0598. The number of fused-ring (bicyclic) bond motifs is 1. The molecule has 2 N–H and O–H groups in total. The standard InChI is InChI=1S/C24H27N3O5/c1-5-30-20(28)14-17-19(10-12-27-23(17)25)31-18-9-8-15(13-21(29)32-24(2,3)4)22-16(18)7-6-11-26-22/h6-12H,5,13-14H2,1-4H3,(H2,25,27). The molecule has 0 unspecified atom stereocenters. The number of esters is 2. The van der Waals surface area contributed by atoms with E-state index in [9.17, 15) is 9.59 Å². The molecule has 168 valence electrons. The van der Waals surface area contributed by atoms with Gasteiger partial charge in [0.2, 0.25) is 0 Å². The highest BCUT2D eigenvalue weighted by atomic mass is 16.6. The number of aromatic nitrogens is 2. The number of pyridine rings is 2. The van der Waals surface area contributed by atoms with E-state index in [0.717, 1.165) is 5.56 Å². The lowest BCUT2D eigenvalue weighted by Crippen LogP contribution is -2.25. The van der Waals surface area contributed by atoms with Gasteiger partial charge < -0.3 is 19.9 Å². The van der Waals surface area contributed by atoms with Crippen LogP contribution >= 0.6 is 0 Å². The maximum Gasteiger partial charge on any atom is 0.310 e. The molecule has 0 fully saturated rings. The Labute approximate surface area is 186 Å². The predicted molar refractivity (Wildman–Crippen MR) is 120 cm³/mol. The molecule has 8 nitrogen and oxygen atoms in total. The molecule has 0 aliphatic heterocycles. The van der Waals surface area contributed by atoms with E-state index in [0.29, 0.717) is 28.0 Å². The lowest BCUT2D eigenvalue weighted by atomic mass is 10.1. The Kier molecular flexibility index (Phi) is 6.92. The average Bonchev–Trinajstić information content (AvgIpc) is 2.71. The van der Waals surface area contributed by atoms with Gasteiger partial charge in [0.1, 0.15) is 22.9 Å². The van der Waals surface area contributed by atoms with Crippen LogP contribution in [0.1, 0.15) is 38.8 Å². The van der Waals surface area contributed by atoms with Crippen LogP contribution in [-0.2, 0) is 31.9 Å². The highest BCUT2D eigenvalue weighted by Crippen LogP contribution is 2.34. The summed E-state index contributed by atoms with van der Waals surface area (Å²) in [6.45, 7) is 7.48. The van der Waals surface area contributed by atoms with Crippen LogP contribution in [-0.4, -0.2) is 34.1 Å². The molecule has 0 atom stereocenters. The first-order chi connectivity index (χ1) is 15.2. The molecule has 0 spiro atoms. The number of hydrogen-bond acceptors (Lipinski definition) is 8. The third kappa shape index (κ3) is 5.72. The van der Waals surface area contributed by atoms with Crippen LogP contribution in [0, 0.1) is 0 Å². The molecule has 0 radical (unpaired) electrons. The Balaban J connectivity index is 1.94. The Morgan fingerprint density at radius 1 is 0.969 bits per heavy atom. The number of hydrogen-bond donors (Lipinski definition) is 1. The summed E-state index contributed by atoms with van der Waals surface area (Å²) < 4.78 is 16.6. The smallest absolute Gasteiger partial charge is 0.310 e. The molecule has 0 saturated carbocycles. The molecule has 8 heteroatoms. The van der Waals surface area contributed by atoms with E-state index in [-0.39, 0.29) is 31.2 Å². The van der Waals surface area contributed by atoms with Gasteiger partial charge in [-0.3, -0.25) is 14.6 Å². The van der Waals surface area contributed by atoms with E-state index in [2.05, 4.69) is 9.97 Å². The second kappa shape index (κ2) is 9.64. The molecule has 0 aliphatic carbocycles. The van der Waals surface area contributed by atoms with Crippen molar-refractivity contribution in [3.8, 4) is 11.5 Å². The third-order valence-corrected chi connectivity index (χ3v) is 4.46. The molecule has 0 saturated heterocycles. The second-order valence-electron chi connectivity index (χ2n) is 8.14. The number of anilines is 1. The highest BCUT2D eigenvalue weighted by molar-refractivity contribution is 5.90. The second-order valence-corrected chi connectivity index (χ2v) is 8.14. The van der Waals surface area contributed by atoms with Gasteiger partial charge in [-0.25, -0.2) is 4.98 Å². The van der Waals surface area contributed by atoms with Gasteiger partial charge in [0.05, 0.1) is 25.0 Å². The van der Waals surface area contributed by atoms with Gasteiger partial charge in [0.25, 0.3) is 0 Å². The fraction of sp³-hybridized carbons (Fsp3) is 0.333. The lowest BCUT2D eigenvalue weighted by molar-refractivity contribution is -0.154. The summed E-state index contributed by atoms with van der Waals surface area (Å²) in [5.74, 6) is 0.347. The molecule has 32 heavy (non-hydrogen) atoms. The van der Waals surface area contributed by atoms with Gasteiger partial charge in [-0.05, 0) is 57.5 Å². The van der Waals surface area contributed by atoms with Crippen LogP contribution < -0.4 is 10.5 Å². The minimum Gasteiger partial charge on any atom is -0.466 e. The predicted octanol–water partition coefficient (Wildman–Crippen LogP) is 3.99. The van der Waals surface area contributed by atoms with Crippen molar-refractivity contribution >= 4 is 28.7 Å². The zero-order valence-corrected chi connectivity index (χ0v) is 18.7. The maximum atomic E-state index is 12.3. The highest BCUT2D eigenvalue weighted by Gasteiger charge is 2.20. The molecule has 1 aromatic carbocycles. The van der Waals surface area contributed by atoms with Crippen LogP contribution in [0.15, 0.2) is 42.7 Å². The summed E-state index contributed by atoms with van der Waals surface area (Å²) in [5.41, 5.74) is 7.23. The molecular weight excluding hydrogens is 410 g/mol. The maximum absolute atomic E-state index is 12.3. The number of benzene rings is 1. The van der Waals surface area contributed by atoms with Crippen molar-refractivity contribution in [1.29, 1.82) is 0 Å². The first-order valence-corrected chi connectivity index (χ1v) is 10.3. The average molecular weight is 437 g/mol. The number of nitrogens with two attached hydrogens (primary N) is 1. The van der Waals surface area contributed by atoms with Crippen molar-refractivity contribution in [3.05, 3.63) is 53.9 Å². The zero-order valence-electron chi connectivity index (χ0n) is 18.7. The van der Waals surface area contributed by atoms with Gasteiger partial charge in [-0.2, -0.15) is 0 Å². The number of carbonyl (C=O) groups is 2. The van der Waals surface area contributed by atoms with Gasteiger partial charge in [0, 0.05) is 23.3 Å². The molecule has 2 aromatic heterocycles. The van der Waals surface area contributed by atoms with Crippen LogP contribution in [0.25, 0.3) is 10.9 Å². The van der Waals surface area contributed by atoms with Crippen molar-refractivity contribution in [2.24, 2.45) is 0 Å². The van der Waals surface area contributed by atoms with Gasteiger partial charge in [0.15, 0.2) is 0 Å². The Hall–Kier alpha value is -3.68. The lowest BCUT2D eigenvalue weighted by Gasteiger charge is -2.20. The van der Waals surface area contributed by atoms with Crippen molar-refractivity contribution < 1.29 is 23.8 Å². The third-order valence-electron chi connectivity index (χ3n) is 4.46. The summed E-state index contributed by atoms with van der Waals surface area (Å²) in [5, 5.41) is 0.714. The van der Waals surface area contributed by atoms with Crippen LogP contribution in [0.3, 0.4) is 0 Å². The van der Waals surface area contributed by atoms with E-state index in [1.54, 1.807) is 37.4 Å². The van der Waals surface area contributed by atoms with E-state index in [1.807, 2.05) is 26.8 Å². The van der Waals surface area contributed by atoms with Crippen LogP contribution in [0.5, 0.6) is 11.5 Å². The largest absolute Gasteiger partial charge is 0.466 e. The van der Waals surface area contributed by atoms with E-state index >= 15 is 0 Å². The number of nitrogens with zero attached hydrogens (tertiary/aromatic N) is 2.